The maximum atomic E-state index is 6.16. The summed E-state index contributed by atoms with van der Waals surface area (Å²) in [6.07, 6.45) is 1.59. The third-order valence-corrected chi connectivity index (χ3v) is 4.63. The Labute approximate surface area is 147 Å². The molecule has 7 heteroatoms. The van der Waals surface area contributed by atoms with E-state index in [2.05, 4.69) is 32.1 Å². The van der Waals surface area contributed by atoms with Crippen LogP contribution in [0.5, 0.6) is 5.75 Å². The molecule has 1 saturated heterocycles. The number of aryl methyl sites for hydroxylation is 1. The van der Waals surface area contributed by atoms with Crippen LogP contribution in [0.25, 0.3) is 0 Å². The molecular formula is C17H22ClN5O. The quantitative estimate of drug-likeness (QED) is 0.917. The lowest BCUT2D eigenvalue weighted by atomic mass is 10.2. The average molecular weight is 348 g/mol. The number of aromatic nitrogens is 2. The van der Waals surface area contributed by atoms with Gasteiger partial charge in [0.25, 0.3) is 0 Å². The number of piperazine rings is 1. The van der Waals surface area contributed by atoms with Crippen molar-refractivity contribution >= 4 is 28.9 Å². The first-order chi connectivity index (χ1) is 11.6. The molecule has 0 bridgehead atoms. The lowest BCUT2D eigenvalue weighted by Gasteiger charge is -2.33. The normalized spacial score (nSPS) is 15.4. The Bertz CT molecular complexity index is 716. The number of hydrogen-bond acceptors (Lipinski definition) is 6. The van der Waals surface area contributed by atoms with Crippen LogP contribution in [0.3, 0.4) is 0 Å². The van der Waals surface area contributed by atoms with Gasteiger partial charge in [-0.25, -0.2) is 9.97 Å². The van der Waals surface area contributed by atoms with Crippen LogP contribution in [-0.2, 0) is 0 Å². The van der Waals surface area contributed by atoms with Crippen molar-refractivity contribution in [1.29, 1.82) is 0 Å². The van der Waals surface area contributed by atoms with Crippen molar-refractivity contribution in [3.05, 3.63) is 35.1 Å². The Balaban J connectivity index is 1.81. The second kappa shape index (κ2) is 7.23. The van der Waals surface area contributed by atoms with Gasteiger partial charge in [0.15, 0.2) is 0 Å². The third kappa shape index (κ3) is 3.71. The van der Waals surface area contributed by atoms with Crippen molar-refractivity contribution in [3.63, 3.8) is 0 Å². The molecule has 0 spiro atoms. The molecule has 6 nitrogen and oxygen atoms in total. The highest BCUT2D eigenvalue weighted by Gasteiger charge is 2.16. The summed E-state index contributed by atoms with van der Waals surface area (Å²) in [6, 6.07) is 5.73. The molecule has 1 fully saturated rings. The fraction of sp³-hybridized carbons (Fsp3) is 0.412. The number of ether oxygens (including phenoxy) is 1. The molecule has 0 unspecified atom stereocenters. The highest BCUT2D eigenvalue weighted by Crippen LogP contribution is 2.33. The van der Waals surface area contributed by atoms with Crippen molar-refractivity contribution in [2.75, 3.05) is 50.6 Å². The molecule has 0 aliphatic carbocycles. The van der Waals surface area contributed by atoms with Crippen LogP contribution in [0.4, 0.5) is 17.3 Å². The number of benzene rings is 1. The molecule has 2 heterocycles. The summed E-state index contributed by atoms with van der Waals surface area (Å²) in [7, 11) is 3.77. The molecule has 0 atom stereocenters. The van der Waals surface area contributed by atoms with Crippen molar-refractivity contribution in [2.24, 2.45) is 0 Å². The molecule has 1 aliphatic heterocycles. The molecular weight excluding hydrogens is 326 g/mol. The first kappa shape index (κ1) is 16.8. The highest BCUT2D eigenvalue weighted by molar-refractivity contribution is 6.31. The van der Waals surface area contributed by atoms with E-state index in [-0.39, 0.29) is 0 Å². The zero-order chi connectivity index (χ0) is 17.1. The van der Waals surface area contributed by atoms with E-state index < -0.39 is 0 Å². The van der Waals surface area contributed by atoms with E-state index in [1.165, 1.54) is 0 Å². The summed E-state index contributed by atoms with van der Waals surface area (Å²) in [5.74, 6) is 2.36. The molecule has 0 amide bonds. The highest BCUT2D eigenvalue weighted by atomic mass is 35.5. The summed E-state index contributed by atoms with van der Waals surface area (Å²) in [5.41, 5.74) is 1.82. The average Bonchev–Trinajstić information content (AvgIpc) is 2.59. The van der Waals surface area contributed by atoms with Gasteiger partial charge in [-0.1, -0.05) is 11.6 Å². The van der Waals surface area contributed by atoms with Crippen LogP contribution >= 0.6 is 11.6 Å². The molecule has 1 aromatic heterocycles. The lowest BCUT2D eigenvalue weighted by Crippen LogP contribution is -2.44. The number of methoxy groups -OCH3 is 1. The molecule has 0 radical (unpaired) electrons. The number of hydrogen-bond donors (Lipinski definition) is 1. The fourth-order valence-electron chi connectivity index (χ4n) is 2.69. The van der Waals surface area contributed by atoms with Crippen LogP contribution in [0.2, 0.25) is 5.02 Å². The lowest BCUT2D eigenvalue weighted by molar-refractivity contribution is 0.312. The first-order valence-electron chi connectivity index (χ1n) is 7.93. The molecule has 128 valence electrons. The van der Waals surface area contributed by atoms with Gasteiger partial charge in [-0.05, 0) is 25.6 Å². The predicted octanol–water partition coefficient (Wildman–Crippen LogP) is 2.94. The predicted molar refractivity (Wildman–Crippen MR) is 97.8 cm³/mol. The van der Waals surface area contributed by atoms with Crippen molar-refractivity contribution in [1.82, 2.24) is 14.9 Å². The van der Waals surface area contributed by atoms with Crippen molar-refractivity contribution in [3.8, 4) is 5.75 Å². The van der Waals surface area contributed by atoms with Gasteiger partial charge in [0.1, 0.15) is 23.7 Å². The number of likely N-dealkylation sites (N-methyl/N-ethyl adjacent to an activating group) is 1. The van der Waals surface area contributed by atoms with Gasteiger partial charge in [0.05, 0.1) is 12.8 Å². The van der Waals surface area contributed by atoms with Gasteiger partial charge in [-0.2, -0.15) is 0 Å². The number of rotatable bonds is 4. The maximum absolute atomic E-state index is 6.16. The number of nitrogens with one attached hydrogen (secondary N) is 1. The molecule has 2 aromatic rings. The zero-order valence-electron chi connectivity index (χ0n) is 14.2. The zero-order valence-corrected chi connectivity index (χ0v) is 15.0. The molecule has 1 aromatic carbocycles. The standard InChI is InChI=1S/C17H22ClN5O/c1-12-8-14(15(24-3)9-13(12)18)21-16-10-17(20-11-19-16)23-6-4-22(2)5-7-23/h8-11H,4-7H2,1-3H3,(H,19,20,21). The Morgan fingerprint density at radius 1 is 1.12 bits per heavy atom. The van der Waals surface area contributed by atoms with E-state index in [0.29, 0.717) is 10.8 Å². The van der Waals surface area contributed by atoms with E-state index in [4.69, 9.17) is 16.3 Å². The minimum Gasteiger partial charge on any atom is -0.495 e. The molecule has 24 heavy (non-hydrogen) atoms. The summed E-state index contributed by atoms with van der Waals surface area (Å²) in [4.78, 5) is 13.3. The topological polar surface area (TPSA) is 53.5 Å². The number of halogens is 1. The third-order valence-electron chi connectivity index (χ3n) is 4.22. The second-order valence-electron chi connectivity index (χ2n) is 5.98. The molecule has 0 saturated carbocycles. The molecule has 1 N–H and O–H groups in total. The number of anilines is 3. The van der Waals surface area contributed by atoms with Gasteiger partial charge in [-0.15, -0.1) is 0 Å². The Morgan fingerprint density at radius 3 is 2.58 bits per heavy atom. The van der Waals surface area contributed by atoms with E-state index in [1.54, 1.807) is 13.4 Å². The summed E-state index contributed by atoms with van der Waals surface area (Å²) in [6.45, 7) is 5.98. The first-order valence-corrected chi connectivity index (χ1v) is 8.31. The fourth-order valence-corrected chi connectivity index (χ4v) is 2.85. The van der Waals surface area contributed by atoms with Crippen LogP contribution in [0.15, 0.2) is 24.5 Å². The Morgan fingerprint density at radius 2 is 1.88 bits per heavy atom. The van der Waals surface area contributed by atoms with E-state index in [1.807, 2.05) is 25.1 Å². The summed E-state index contributed by atoms with van der Waals surface area (Å²) >= 11 is 6.16. The minimum absolute atomic E-state index is 0.679. The van der Waals surface area contributed by atoms with Gasteiger partial charge in [-0.3, -0.25) is 0 Å². The van der Waals surface area contributed by atoms with Gasteiger partial charge >= 0.3 is 0 Å². The van der Waals surface area contributed by atoms with Gasteiger partial charge < -0.3 is 19.9 Å². The van der Waals surface area contributed by atoms with E-state index in [9.17, 15) is 0 Å². The summed E-state index contributed by atoms with van der Waals surface area (Å²) in [5, 5.41) is 3.99. The van der Waals surface area contributed by atoms with E-state index in [0.717, 1.165) is 49.1 Å². The molecule has 3 rings (SSSR count). The van der Waals surface area contributed by atoms with Crippen LogP contribution in [0, 0.1) is 6.92 Å². The van der Waals surface area contributed by atoms with Gasteiger partial charge in [0, 0.05) is 43.3 Å². The van der Waals surface area contributed by atoms with Crippen LogP contribution in [0.1, 0.15) is 5.56 Å². The van der Waals surface area contributed by atoms with Crippen molar-refractivity contribution < 1.29 is 4.74 Å². The Hall–Kier alpha value is -2.05. The van der Waals surface area contributed by atoms with Crippen molar-refractivity contribution in [2.45, 2.75) is 6.92 Å². The second-order valence-corrected chi connectivity index (χ2v) is 6.39. The van der Waals surface area contributed by atoms with E-state index >= 15 is 0 Å². The van der Waals surface area contributed by atoms with Crippen LogP contribution in [-0.4, -0.2) is 55.2 Å². The monoisotopic (exact) mass is 347 g/mol. The smallest absolute Gasteiger partial charge is 0.143 e. The molecule has 1 aliphatic rings. The SMILES string of the molecule is COc1cc(Cl)c(C)cc1Nc1cc(N2CCN(C)CC2)ncn1. The number of nitrogens with zero attached hydrogens (tertiary/aromatic N) is 4. The summed E-state index contributed by atoms with van der Waals surface area (Å²) < 4.78 is 5.41. The Kier molecular flexibility index (Phi) is 5.06. The van der Waals surface area contributed by atoms with Crippen LogP contribution < -0.4 is 15.0 Å². The maximum Gasteiger partial charge on any atom is 0.143 e. The minimum atomic E-state index is 0.679. The largest absolute Gasteiger partial charge is 0.495 e. The van der Waals surface area contributed by atoms with Gasteiger partial charge in [0.2, 0.25) is 0 Å².